The quantitative estimate of drug-likeness (QED) is 0.782. The third kappa shape index (κ3) is 3.39. The molecule has 0 N–H and O–H groups in total. The summed E-state index contributed by atoms with van der Waals surface area (Å²) in [5.41, 5.74) is 0.935. The van der Waals surface area contributed by atoms with Crippen LogP contribution in [0.1, 0.15) is 32.3 Å². The minimum Gasteiger partial charge on any atom is -0.467 e. The Kier molecular flexibility index (Phi) is 5.25. The summed E-state index contributed by atoms with van der Waals surface area (Å²) in [6.07, 6.45) is 0.760. The standard InChI is InChI=1S/C16H21ClO4/c1-4-16(5-2)20-13(14(21-16)15(18)19-3)10-11-8-6-7-9-12(11)17/h6-9,13-14H,4-5,10H2,1-3H3/t13-,14-/m0/s1. The maximum absolute atomic E-state index is 12.0. The van der Waals surface area contributed by atoms with Gasteiger partial charge in [0.05, 0.1) is 7.11 Å². The van der Waals surface area contributed by atoms with E-state index in [1.54, 1.807) is 0 Å². The lowest BCUT2D eigenvalue weighted by Crippen LogP contribution is -2.34. The average Bonchev–Trinajstić information content (AvgIpc) is 2.88. The Hall–Kier alpha value is -1.10. The van der Waals surface area contributed by atoms with E-state index in [2.05, 4.69) is 0 Å². The topological polar surface area (TPSA) is 44.8 Å². The molecular weight excluding hydrogens is 292 g/mol. The number of hydrogen-bond acceptors (Lipinski definition) is 4. The number of esters is 1. The molecule has 1 saturated heterocycles. The fourth-order valence-electron chi connectivity index (χ4n) is 2.60. The molecule has 1 fully saturated rings. The number of carbonyl (C=O) groups excluding carboxylic acids is 1. The van der Waals surface area contributed by atoms with Gasteiger partial charge < -0.3 is 14.2 Å². The lowest BCUT2D eigenvalue weighted by Gasteiger charge is -2.25. The van der Waals surface area contributed by atoms with Crippen molar-refractivity contribution in [1.82, 2.24) is 0 Å². The third-order valence-corrected chi connectivity index (χ3v) is 4.30. The smallest absolute Gasteiger partial charge is 0.337 e. The number of carbonyl (C=O) groups is 1. The minimum absolute atomic E-state index is 0.391. The van der Waals surface area contributed by atoms with Crippen LogP contribution in [0.5, 0.6) is 0 Å². The number of rotatable bonds is 5. The molecule has 0 amide bonds. The molecule has 21 heavy (non-hydrogen) atoms. The Morgan fingerprint density at radius 2 is 1.95 bits per heavy atom. The lowest BCUT2D eigenvalue weighted by molar-refractivity contribution is -0.187. The maximum atomic E-state index is 12.0. The van der Waals surface area contributed by atoms with Crippen LogP contribution in [0.4, 0.5) is 0 Å². The van der Waals surface area contributed by atoms with E-state index in [0.29, 0.717) is 24.3 Å². The molecule has 2 atom stereocenters. The summed E-state index contributed by atoms with van der Waals surface area (Å²) in [5, 5.41) is 0.662. The summed E-state index contributed by atoms with van der Waals surface area (Å²) in [6.45, 7) is 3.96. The summed E-state index contributed by atoms with van der Waals surface area (Å²) in [7, 11) is 1.36. The Morgan fingerprint density at radius 3 is 2.52 bits per heavy atom. The molecule has 2 rings (SSSR count). The second-order valence-electron chi connectivity index (χ2n) is 5.13. The van der Waals surface area contributed by atoms with Gasteiger partial charge in [0.15, 0.2) is 11.9 Å². The molecule has 5 heteroatoms. The summed E-state index contributed by atoms with van der Waals surface area (Å²) >= 11 is 6.19. The van der Waals surface area contributed by atoms with Gasteiger partial charge in [-0.15, -0.1) is 0 Å². The molecule has 116 valence electrons. The van der Waals surface area contributed by atoms with E-state index < -0.39 is 24.0 Å². The van der Waals surface area contributed by atoms with Crippen LogP contribution in [0.25, 0.3) is 0 Å². The van der Waals surface area contributed by atoms with E-state index in [4.69, 9.17) is 25.8 Å². The van der Waals surface area contributed by atoms with Crippen molar-refractivity contribution in [1.29, 1.82) is 0 Å². The third-order valence-electron chi connectivity index (χ3n) is 3.94. The summed E-state index contributed by atoms with van der Waals surface area (Å²) in [6, 6.07) is 7.54. The largest absolute Gasteiger partial charge is 0.467 e. The highest BCUT2D eigenvalue weighted by atomic mass is 35.5. The van der Waals surface area contributed by atoms with Gasteiger partial charge in [0.2, 0.25) is 0 Å². The first kappa shape index (κ1) is 16.3. The van der Waals surface area contributed by atoms with Crippen molar-refractivity contribution < 1.29 is 19.0 Å². The van der Waals surface area contributed by atoms with Crippen LogP contribution in [0.3, 0.4) is 0 Å². The van der Waals surface area contributed by atoms with E-state index in [9.17, 15) is 4.79 Å². The van der Waals surface area contributed by atoms with E-state index in [1.807, 2.05) is 38.1 Å². The van der Waals surface area contributed by atoms with Crippen LogP contribution < -0.4 is 0 Å². The zero-order chi connectivity index (χ0) is 15.5. The molecule has 0 bridgehead atoms. The molecule has 0 aromatic heterocycles. The maximum Gasteiger partial charge on any atom is 0.337 e. The molecule has 1 aliphatic rings. The SMILES string of the molecule is CCC1(CC)O[C@@H](Cc2ccccc2Cl)[C@@H](C(=O)OC)O1. The van der Waals surface area contributed by atoms with Crippen molar-refractivity contribution in [2.75, 3.05) is 7.11 Å². The fraction of sp³-hybridized carbons (Fsp3) is 0.562. The van der Waals surface area contributed by atoms with Crippen LogP contribution in [0, 0.1) is 0 Å². The van der Waals surface area contributed by atoms with Gasteiger partial charge in [0.25, 0.3) is 0 Å². The van der Waals surface area contributed by atoms with Crippen molar-refractivity contribution in [3.8, 4) is 0 Å². The van der Waals surface area contributed by atoms with E-state index in [0.717, 1.165) is 5.56 Å². The molecule has 0 aliphatic carbocycles. The zero-order valence-corrected chi connectivity index (χ0v) is 13.4. The van der Waals surface area contributed by atoms with Crippen molar-refractivity contribution in [2.24, 2.45) is 0 Å². The molecule has 4 nitrogen and oxygen atoms in total. The molecule has 1 heterocycles. The second-order valence-corrected chi connectivity index (χ2v) is 5.54. The molecule has 1 aromatic carbocycles. The summed E-state index contributed by atoms with van der Waals surface area (Å²) < 4.78 is 16.8. The van der Waals surface area contributed by atoms with E-state index in [1.165, 1.54) is 7.11 Å². The van der Waals surface area contributed by atoms with Crippen molar-refractivity contribution in [2.45, 2.75) is 51.1 Å². The highest BCUT2D eigenvalue weighted by Crippen LogP contribution is 2.36. The predicted molar refractivity (Wildman–Crippen MR) is 80.2 cm³/mol. The van der Waals surface area contributed by atoms with Gasteiger partial charge in [0, 0.05) is 11.4 Å². The van der Waals surface area contributed by atoms with Gasteiger partial charge in [-0.3, -0.25) is 0 Å². The molecule has 0 spiro atoms. The Bertz CT molecular complexity index is 499. The molecule has 1 aromatic rings. The summed E-state index contributed by atoms with van der Waals surface area (Å²) in [5.74, 6) is -1.12. The molecule has 1 aliphatic heterocycles. The zero-order valence-electron chi connectivity index (χ0n) is 12.6. The van der Waals surface area contributed by atoms with Crippen molar-refractivity contribution >= 4 is 17.6 Å². The minimum atomic E-state index is -0.717. The van der Waals surface area contributed by atoms with Crippen LogP contribution in [-0.4, -0.2) is 31.1 Å². The molecule has 0 saturated carbocycles. The molecule has 0 radical (unpaired) electrons. The monoisotopic (exact) mass is 312 g/mol. The van der Waals surface area contributed by atoms with Gasteiger partial charge in [-0.05, 0) is 24.5 Å². The van der Waals surface area contributed by atoms with E-state index in [-0.39, 0.29) is 0 Å². The van der Waals surface area contributed by atoms with Gasteiger partial charge >= 0.3 is 5.97 Å². The number of hydrogen-bond donors (Lipinski definition) is 0. The molecular formula is C16H21ClO4. The van der Waals surface area contributed by atoms with Gasteiger partial charge in [-0.1, -0.05) is 43.6 Å². The summed E-state index contributed by atoms with van der Waals surface area (Å²) in [4.78, 5) is 12.0. The first-order chi connectivity index (χ1) is 10.0. The van der Waals surface area contributed by atoms with Crippen LogP contribution in [0.2, 0.25) is 5.02 Å². The molecule has 0 unspecified atom stereocenters. The highest BCUT2D eigenvalue weighted by Gasteiger charge is 2.49. The van der Waals surface area contributed by atoms with Crippen molar-refractivity contribution in [3.05, 3.63) is 34.9 Å². The second kappa shape index (κ2) is 6.77. The van der Waals surface area contributed by atoms with Crippen LogP contribution in [-0.2, 0) is 25.4 Å². The predicted octanol–water partition coefficient (Wildman–Crippen LogP) is 3.36. The van der Waals surface area contributed by atoms with Gasteiger partial charge in [-0.25, -0.2) is 4.79 Å². The first-order valence-corrected chi connectivity index (χ1v) is 7.60. The lowest BCUT2D eigenvalue weighted by atomic mass is 10.0. The van der Waals surface area contributed by atoms with Crippen LogP contribution >= 0.6 is 11.6 Å². The Labute approximate surface area is 130 Å². The Morgan fingerprint density at radius 1 is 1.29 bits per heavy atom. The number of halogens is 1. The average molecular weight is 313 g/mol. The number of methoxy groups -OCH3 is 1. The number of benzene rings is 1. The van der Waals surface area contributed by atoms with Gasteiger partial charge in [-0.2, -0.15) is 0 Å². The van der Waals surface area contributed by atoms with Crippen molar-refractivity contribution in [3.63, 3.8) is 0 Å². The van der Waals surface area contributed by atoms with Gasteiger partial charge in [0.1, 0.15) is 6.10 Å². The number of ether oxygens (including phenoxy) is 3. The van der Waals surface area contributed by atoms with E-state index >= 15 is 0 Å². The Balaban J connectivity index is 2.22. The van der Waals surface area contributed by atoms with Crippen LogP contribution in [0.15, 0.2) is 24.3 Å². The fourth-order valence-corrected chi connectivity index (χ4v) is 2.81. The highest BCUT2D eigenvalue weighted by molar-refractivity contribution is 6.31. The normalized spacial score (nSPS) is 24.0. The first-order valence-electron chi connectivity index (χ1n) is 7.22.